The van der Waals surface area contributed by atoms with Crippen LogP contribution in [-0.4, -0.2) is 36.6 Å². The van der Waals surface area contributed by atoms with Crippen LogP contribution in [-0.2, 0) is 13.0 Å². The molecule has 7 heteroatoms. The second-order valence-corrected chi connectivity index (χ2v) is 7.21. The van der Waals surface area contributed by atoms with E-state index in [1.54, 1.807) is 12.3 Å². The molecule has 0 fully saturated rings. The van der Waals surface area contributed by atoms with Crippen LogP contribution >= 0.6 is 0 Å². The lowest BCUT2D eigenvalue weighted by molar-refractivity contribution is 0.0697. The third-order valence-electron chi connectivity index (χ3n) is 4.88. The van der Waals surface area contributed by atoms with Gasteiger partial charge in [-0.3, -0.25) is 9.78 Å². The van der Waals surface area contributed by atoms with Crippen molar-refractivity contribution in [1.29, 1.82) is 0 Å². The number of carboxylic acids is 1. The Labute approximate surface area is 175 Å². The summed E-state index contributed by atoms with van der Waals surface area (Å²) in [5.74, 6) is 0.0861. The number of hydrogen-bond donors (Lipinski definition) is 1. The summed E-state index contributed by atoms with van der Waals surface area (Å²) in [5.41, 5.74) is 2.60. The Balaban J connectivity index is 1.84. The number of hydrogen-bond acceptors (Lipinski definition) is 5. The Bertz CT molecular complexity index is 1030. The molecule has 3 rings (SSSR count). The first-order valence-electron chi connectivity index (χ1n) is 10.3. The number of Topliss-reactive ketones (excluding diaryl/α,β-unsaturated/α-hetero) is 1. The molecule has 0 unspecified atom stereocenters. The minimum absolute atomic E-state index is 0.0248. The predicted octanol–water partition coefficient (Wildman–Crippen LogP) is 4.41. The Kier molecular flexibility index (Phi) is 7.06. The maximum atomic E-state index is 12.2. The van der Waals surface area contributed by atoms with Crippen LogP contribution in [0.5, 0.6) is 0 Å². The average molecular weight is 406 g/mol. The molecule has 2 aromatic heterocycles. The van der Waals surface area contributed by atoms with E-state index < -0.39 is 5.97 Å². The van der Waals surface area contributed by atoms with Crippen LogP contribution in [0.3, 0.4) is 0 Å². The largest absolute Gasteiger partial charge is 0.478 e. The van der Waals surface area contributed by atoms with Crippen LogP contribution in [0.1, 0.15) is 71.9 Å². The molecule has 1 aromatic carbocycles. The Morgan fingerprint density at radius 2 is 1.83 bits per heavy atom. The van der Waals surface area contributed by atoms with Crippen LogP contribution in [0.25, 0.3) is 11.1 Å². The molecule has 0 amide bonds. The highest BCUT2D eigenvalue weighted by Gasteiger charge is 2.16. The summed E-state index contributed by atoms with van der Waals surface area (Å²) < 4.78 is 1.81. The minimum atomic E-state index is -1.00. The SMILES string of the molecule is CCCCc1nc(C(=O)CCC)nn1Cc1ccc(-c2ccncc2C(=O)O)cc1. The van der Waals surface area contributed by atoms with Crippen molar-refractivity contribution in [2.45, 2.75) is 52.5 Å². The molecule has 0 bridgehead atoms. The van der Waals surface area contributed by atoms with Gasteiger partial charge in [-0.2, -0.15) is 0 Å². The summed E-state index contributed by atoms with van der Waals surface area (Å²) >= 11 is 0. The molecule has 0 atom stereocenters. The summed E-state index contributed by atoms with van der Waals surface area (Å²) in [6.45, 7) is 4.59. The maximum absolute atomic E-state index is 12.2. The highest BCUT2D eigenvalue weighted by atomic mass is 16.4. The number of aromatic nitrogens is 4. The highest BCUT2D eigenvalue weighted by molar-refractivity contribution is 5.95. The van der Waals surface area contributed by atoms with E-state index in [2.05, 4.69) is 22.0 Å². The molecule has 0 aliphatic heterocycles. The van der Waals surface area contributed by atoms with Gasteiger partial charge in [0.2, 0.25) is 11.6 Å². The molecule has 3 aromatic rings. The minimum Gasteiger partial charge on any atom is -0.478 e. The highest BCUT2D eigenvalue weighted by Crippen LogP contribution is 2.24. The summed E-state index contributed by atoms with van der Waals surface area (Å²) in [4.78, 5) is 32.1. The number of ketones is 1. The zero-order valence-corrected chi connectivity index (χ0v) is 17.3. The second kappa shape index (κ2) is 9.91. The monoisotopic (exact) mass is 406 g/mol. The molecule has 0 saturated carbocycles. The van der Waals surface area contributed by atoms with Crippen LogP contribution in [0.15, 0.2) is 42.7 Å². The number of benzene rings is 1. The van der Waals surface area contributed by atoms with Gasteiger partial charge in [0.25, 0.3) is 0 Å². The number of rotatable bonds is 10. The lowest BCUT2D eigenvalue weighted by atomic mass is 10.0. The summed E-state index contributed by atoms with van der Waals surface area (Å²) in [5, 5.41) is 13.8. The quantitative estimate of drug-likeness (QED) is 0.501. The number of pyridine rings is 1. The lowest BCUT2D eigenvalue weighted by Crippen LogP contribution is -2.08. The normalized spacial score (nSPS) is 10.9. The van der Waals surface area contributed by atoms with E-state index in [0.29, 0.717) is 24.4 Å². The molecule has 156 valence electrons. The molecule has 30 heavy (non-hydrogen) atoms. The number of carbonyl (C=O) groups is 2. The van der Waals surface area contributed by atoms with Crippen molar-refractivity contribution < 1.29 is 14.7 Å². The van der Waals surface area contributed by atoms with E-state index in [9.17, 15) is 14.7 Å². The number of aryl methyl sites for hydroxylation is 1. The van der Waals surface area contributed by atoms with E-state index in [4.69, 9.17) is 0 Å². The van der Waals surface area contributed by atoms with Crippen LogP contribution in [0, 0.1) is 0 Å². The summed E-state index contributed by atoms with van der Waals surface area (Å²) in [6.07, 6.45) is 6.96. The molecule has 0 spiro atoms. The van der Waals surface area contributed by atoms with Crippen LogP contribution in [0.4, 0.5) is 0 Å². The van der Waals surface area contributed by atoms with Gasteiger partial charge in [0.15, 0.2) is 0 Å². The molecular weight excluding hydrogens is 380 g/mol. The van der Waals surface area contributed by atoms with Gasteiger partial charge in [-0.15, -0.1) is 5.10 Å². The number of nitrogens with zero attached hydrogens (tertiary/aromatic N) is 4. The van der Waals surface area contributed by atoms with Crippen LogP contribution < -0.4 is 0 Å². The summed E-state index contributed by atoms with van der Waals surface area (Å²) in [6, 6.07) is 9.37. The van der Waals surface area contributed by atoms with E-state index in [0.717, 1.165) is 42.6 Å². The average Bonchev–Trinajstić information content (AvgIpc) is 3.15. The van der Waals surface area contributed by atoms with E-state index in [1.165, 1.54) is 6.20 Å². The number of unbranched alkanes of at least 4 members (excludes halogenated alkanes) is 1. The Hall–Kier alpha value is -3.35. The van der Waals surface area contributed by atoms with E-state index in [-0.39, 0.29) is 11.3 Å². The molecule has 0 aliphatic rings. The van der Waals surface area contributed by atoms with E-state index in [1.807, 2.05) is 35.9 Å². The Morgan fingerprint density at radius 1 is 1.07 bits per heavy atom. The van der Waals surface area contributed by atoms with Crippen LogP contribution in [0.2, 0.25) is 0 Å². The van der Waals surface area contributed by atoms with Gasteiger partial charge in [-0.05, 0) is 35.6 Å². The fraction of sp³-hybridized carbons (Fsp3) is 0.348. The second-order valence-electron chi connectivity index (χ2n) is 7.21. The van der Waals surface area contributed by atoms with Gasteiger partial charge in [0.05, 0.1) is 12.1 Å². The predicted molar refractivity (Wildman–Crippen MR) is 114 cm³/mol. The van der Waals surface area contributed by atoms with Gasteiger partial charge < -0.3 is 5.11 Å². The van der Waals surface area contributed by atoms with Crippen molar-refractivity contribution in [2.24, 2.45) is 0 Å². The van der Waals surface area contributed by atoms with Crippen molar-refractivity contribution in [1.82, 2.24) is 19.7 Å². The molecular formula is C23H26N4O3. The van der Waals surface area contributed by atoms with Crippen molar-refractivity contribution in [2.75, 3.05) is 0 Å². The molecule has 0 radical (unpaired) electrons. The molecule has 0 aliphatic carbocycles. The standard InChI is InChI=1S/C23H26N4O3/c1-3-5-7-21-25-22(20(28)6-4-2)26-27(21)15-16-8-10-17(11-9-16)18-12-13-24-14-19(18)23(29)30/h8-14H,3-7,15H2,1-2H3,(H,29,30). The topological polar surface area (TPSA) is 98.0 Å². The smallest absolute Gasteiger partial charge is 0.337 e. The fourth-order valence-corrected chi connectivity index (χ4v) is 3.26. The Morgan fingerprint density at radius 3 is 2.50 bits per heavy atom. The molecule has 0 saturated heterocycles. The van der Waals surface area contributed by atoms with Gasteiger partial charge in [0, 0.05) is 25.2 Å². The van der Waals surface area contributed by atoms with Crippen molar-refractivity contribution >= 4 is 11.8 Å². The van der Waals surface area contributed by atoms with Gasteiger partial charge in [-0.25, -0.2) is 14.5 Å². The fourth-order valence-electron chi connectivity index (χ4n) is 3.26. The number of carboxylic acid groups (broad SMARTS) is 1. The summed E-state index contributed by atoms with van der Waals surface area (Å²) in [7, 11) is 0. The lowest BCUT2D eigenvalue weighted by Gasteiger charge is -2.09. The molecule has 7 nitrogen and oxygen atoms in total. The molecule has 2 heterocycles. The first-order valence-corrected chi connectivity index (χ1v) is 10.3. The van der Waals surface area contributed by atoms with Gasteiger partial charge in [0.1, 0.15) is 5.82 Å². The number of carbonyl (C=O) groups excluding carboxylic acids is 1. The maximum Gasteiger partial charge on any atom is 0.337 e. The van der Waals surface area contributed by atoms with Crippen molar-refractivity contribution in [3.05, 3.63) is 65.5 Å². The van der Waals surface area contributed by atoms with Crippen molar-refractivity contribution in [3.8, 4) is 11.1 Å². The third-order valence-corrected chi connectivity index (χ3v) is 4.88. The number of aromatic carboxylic acids is 1. The van der Waals surface area contributed by atoms with Gasteiger partial charge in [-0.1, -0.05) is 44.5 Å². The zero-order valence-electron chi connectivity index (χ0n) is 17.3. The van der Waals surface area contributed by atoms with Crippen molar-refractivity contribution in [3.63, 3.8) is 0 Å². The third kappa shape index (κ3) is 4.97. The first-order chi connectivity index (χ1) is 14.5. The molecule has 1 N–H and O–H groups in total. The zero-order chi connectivity index (χ0) is 21.5. The van der Waals surface area contributed by atoms with E-state index >= 15 is 0 Å². The first kappa shape index (κ1) is 21.4. The van der Waals surface area contributed by atoms with Gasteiger partial charge >= 0.3 is 5.97 Å².